The highest BCUT2D eigenvalue weighted by atomic mass is 16.5. The molecule has 1 N–H and O–H groups in total. The van der Waals surface area contributed by atoms with Gasteiger partial charge in [-0.1, -0.05) is 79.9 Å². The molecule has 2 aromatic rings. The molecular weight excluding hydrogens is 284 g/mol. The number of para-hydroxylation sites is 1. The molecule has 1 aliphatic rings. The number of benzene rings is 2. The number of aliphatic hydroxyl groups is 1. The lowest BCUT2D eigenvalue weighted by Crippen LogP contribution is -2.35. The van der Waals surface area contributed by atoms with Crippen LogP contribution >= 0.6 is 0 Å². The van der Waals surface area contributed by atoms with Crippen LogP contribution in [0.5, 0.6) is 5.75 Å². The van der Waals surface area contributed by atoms with E-state index in [0.717, 1.165) is 5.56 Å². The van der Waals surface area contributed by atoms with Crippen LogP contribution in [-0.2, 0) is 5.60 Å². The van der Waals surface area contributed by atoms with Crippen molar-refractivity contribution in [2.24, 2.45) is 0 Å². The summed E-state index contributed by atoms with van der Waals surface area (Å²) >= 11 is 0. The Morgan fingerprint density at radius 3 is 2.22 bits per heavy atom. The summed E-state index contributed by atoms with van der Waals surface area (Å²) in [6.45, 7) is 7.50. The molecule has 0 aliphatic carbocycles. The van der Waals surface area contributed by atoms with Crippen molar-refractivity contribution in [3.63, 3.8) is 0 Å². The minimum Gasteiger partial charge on any atom is -0.457 e. The van der Waals surface area contributed by atoms with E-state index in [2.05, 4.69) is 13.2 Å². The van der Waals surface area contributed by atoms with E-state index in [4.69, 9.17) is 4.74 Å². The van der Waals surface area contributed by atoms with Crippen molar-refractivity contribution in [2.45, 2.75) is 5.60 Å². The second-order valence-corrected chi connectivity index (χ2v) is 5.26. The first-order valence-corrected chi connectivity index (χ1v) is 7.43. The first-order valence-electron chi connectivity index (χ1n) is 7.43. The third-order valence-corrected chi connectivity index (χ3v) is 3.90. The van der Waals surface area contributed by atoms with E-state index in [-0.39, 0.29) is 0 Å². The minimum absolute atomic E-state index is 0.560. The summed E-state index contributed by atoms with van der Waals surface area (Å²) in [6.07, 6.45) is 6.82. The fourth-order valence-corrected chi connectivity index (χ4v) is 2.89. The summed E-state index contributed by atoms with van der Waals surface area (Å²) in [6, 6.07) is 17.1. The van der Waals surface area contributed by atoms with Gasteiger partial charge in [0.1, 0.15) is 17.1 Å². The Kier molecular flexibility index (Phi) is 4.00. The number of ether oxygens (including phenoxy) is 1. The van der Waals surface area contributed by atoms with Crippen molar-refractivity contribution in [1.29, 1.82) is 0 Å². The molecular formula is C21H18O2. The zero-order valence-electron chi connectivity index (χ0n) is 12.8. The summed E-state index contributed by atoms with van der Waals surface area (Å²) in [5, 5.41) is 11.7. The molecule has 1 atom stereocenters. The van der Waals surface area contributed by atoms with Gasteiger partial charge >= 0.3 is 0 Å². The molecule has 114 valence electrons. The molecule has 1 aliphatic heterocycles. The van der Waals surface area contributed by atoms with E-state index in [1.165, 1.54) is 0 Å². The van der Waals surface area contributed by atoms with Crippen LogP contribution in [0.1, 0.15) is 11.1 Å². The average molecular weight is 302 g/mol. The van der Waals surface area contributed by atoms with Crippen LogP contribution in [0.4, 0.5) is 0 Å². The van der Waals surface area contributed by atoms with E-state index in [1.54, 1.807) is 24.3 Å². The van der Waals surface area contributed by atoms with Crippen molar-refractivity contribution < 1.29 is 9.84 Å². The number of rotatable bonds is 3. The molecule has 2 aromatic carbocycles. The topological polar surface area (TPSA) is 29.5 Å². The van der Waals surface area contributed by atoms with Gasteiger partial charge in [-0.05, 0) is 17.7 Å². The first kappa shape index (κ1) is 15.1. The SMILES string of the molecule is C=C/C=C1\C(=C/C=C)Oc2ccccc2C1(O)c1ccccc1. The van der Waals surface area contributed by atoms with Crippen LogP contribution < -0.4 is 4.74 Å². The van der Waals surface area contributed by atoms with Gasteiger partial charge in [-0.2, -0.15) is 0 Å². The van der Waals surface area contributed by atoms with Crippen molar-refractivity contribution in [2.75, 3.05) is 0 Å². The second-order valence-electron chi connectivity index (χ2n) is 5.26. The van der Waals surface area contributed by atoms with Crippen LogP contribution in [0.25, 0.3) is 0 Å². The van der Waals surface area contributed by atoms with Crippen LogP contribution in [0.3, 0.4) is 0 Å². The highest BCUT2D eigenvalue weighted by Crippen LogP contribution is 2.48. The van der Waals surface area contributed by atoms with Crippen molar-refractivity contribution in [3.8, 4) is 5.75 Å². The van der Waals surface area contributed by atoms with Gasteiger partial charge in [0, 0.05) is 11.1 Å². The predicted octanol–water partition coefficient (Wildman–Crippen LogP) is 4.50. The van der Waals surface area contributed by atoms with Crippen LogP contribution in [0.15, 0.2) is 103 Å². The van der Waals surface area contributed by atoms with E-state index >= 15 is 0 Å². The summed E-state index contributed by atoms with van der Waals surface area (Å²) in [7, 11) is 0. The van der Waals surface area contributed by atoms with Gasteiger partial charge in [0.2, 0.25) is 0 Å². The zero-order valence-corrected chi connectivity index (χ0v) is 12.8. The van der Waals surface area contributed by atoms with Gasteiger partial charge in [-0.3, -0.25) is 0 Å². The van der Waals surface area contributed by atoms with E-state index < -0.39 is 5.60 Å². The number of hydrogen-bond acceptors (Lipinski definition) is 2. The van der Waals surface area contributed by atoms with Crippen molar-refractivity contribution >= 4 is 0 Å². The molecule has 2 nitrogen and oxygen atoms in total. The van der Waals surface area contributed by atoms with Crippen LogP contribution in [0, 0.1) is 0 Å². The molecule has 2 heteroatoms. The molecule has 0 bridgehead atoms. The molecule has 23 heavy (non-hydrogen) atoms. The number of hydrogen-bond donors (Lipinski definition) is 1. The van der Waals surface area contributed by atoms with Gasteiger partial charge in [-0.15, -0.1) is 0 Å². The maximum atomic E-state index is 11.7. The highest BCUT2D eigenvalue weighted by molar-refractivity contribution is 5.60. The number of fused-ring (bicyclic) bond motifs is 1. The lowest BCUT2D eigenvalue weighted by atomic mass is 9.77. The molecule has 0 saturated heterocycles. The normalized spacial score (nSPS) is 23.2. The molecule has 1 heterocycles. The fourth-order valence-electron chi connectivity index (χ4n) is 2.89. The van der Waals surface area contributed by atoms with Gasteiger partial charge in [0.05, 0.1) is 0 Å². The van der Waals surface area contributed by atoms with E-state index in [0.29, 0.717) is 22.6 Å². The van der Waals surface area contributed by atoms with E-state index in [1.807, 2.05) is 54.6 Å². The molecule has 0 radical (unpaired) electrons. The Morgan fingerprint density at radius 2 is 1.52 bits per heavy atom. The predicted molar refractivity (Wildman–Crippen MR) is 93.1 cm³/mol. The third-order valence-electron chi connectivity index (χ3n) is 3.90. The van der Waals surface area contributed by atoms with E-state index in [9.17, 15) is 5.11 Å². The maximum Gasteiger partial charge on any atom is 0.147 e. The fraction of sp³-hybridized carbons (Fsp3) is 0.0476. The largest absolute Gasteiger partial charge is 0.457 e. The Morgan fingerprint density at radius 1 is 0.870 bits per heavy atom. The summed E-state index contributed by atoms with van der Waals surface area (Å²) < 4.78 is 5.97. The smallest absolute Gasteiger partial charge is 0.147 e. The van der Waals surface area contributed by atoms with Crippen molar-refractivity contribution in [3.05, 3.63) is 115 Å². The molecule has 0 spiro atoms. The highest BCUT2D eigenvalue weighted by Gasteiger charge is 2.43. The second kappa shape index (κ2) is 6.11. The molecule has 0 saturated carbocycles. The monoisotopic (exact) mass is 302 g/mol. The summed E-state index contributed by atoms with van der Waals surface area (Å²) in [5.74, 6) is 1.19. The minimum atomic E-state index is -1.31. The lowest BCUT2D eigenvalue weighted by Gasteiger charge is -2.38. The molecule has 3 rings (SSSR count). The first-order chi connectivity index (χ1) is 11.2. The Labute approximate surface area is 136 Å². The third kappa shape index (κ3) is 2.43. The van der Waals surface area contributed by atoms with Gasteiger partial charge in [0.25, 0.3) is 0 Å². The Balaban J connectivity index is 2.36. The van der Waals surface area contributed by atoms with Gasteiger partial charge < -0.3 is 9.84 Å². The zero-order chi connectivity index (χ0) is 16.3. The van der Waals surface area contributed by atoms with Crippen molar-refractivity contribution in [1.82, 2.24) is 0 Å². The van der Waals surface area contributed by atoms with Crippen LogP contribution in [0.2, 0.25) is 0 Å². The molecule has 0 amide bonds. The molecule has 0 aromatic heterocycles. The number of allylic oxidation sites excluding steroid dienone is 4. The quantitative estimate of drug-likeness (QED) is 0.904. The maximum absolute atomic E-state index is 11.7. The van der Waals surface area contributed by atoms with Crippen LogP contribution in [-0.4, -0.2) is 5.11 Å². The Hall–Kier alpha value is -2.84. The summed E-state index contributed by atoms with van der Waals surface area (Å²) in [5.41, 5.74) is 0.815. The molecule has 0 fully saturated rings. The Bertz CT molecular complexity index is 800. The summed E-state index contributed by atoms with van der Waals surface area (Å²) in [4.78, 5) is 0. The standard InChI is InChI=1S/C21H18O2/c1-3-10-17-19(11-4-2)23-20-15-9-8-14-18(20)21(17,22)16-12-6-5-7-13-16/h3-15,22H,1-2H2/b17-10+,19-11+. The molecule has 1 unspecified atom stereocenters. The average Bonchev–Trinajstić information content (AvgIpc) is 2.59. The van der Waals surface area contributed by atoms with Gasteiger partial charge in [-0.25, -0.2) is 0 Å². The lowest BCUT2D eigenvalue weighted by molar-refractivity contribution is 0.104. The van der Waals surface area contributed by atoms with Gasteiger partial charge in [0.15, 0.2) is 0 Å².